The lowest BCUT2D eigenvalue weighted by Gasteiger charge is -2.02. The van der Waals surface area contributed by atoms with Crippen molar-refractivity contribution in [2.45, 2.75) is 0 Å². The SMILES string of the molecule is COc1ccccc1/N=C\c1ccccc1. The van der Waals surface area contributed by atoms with E-state index in [0.29, 0.717) is 0 Å². The first-order valence-corrected chi connectivity index (χ1v) is 5.12. The monoisotopic (exact) mass is 211 g/mol. The van der Waals surface area contributed by atoms with Crippen molar-refractivity contribution < 1.29 is 4.74 Å². The molecular formula is C14H13NO. The maximum absolute atomic E-state index is 5.22. The quantitative estimate of drug-likeness (QED) is 0.712. The number of methoxy groups -OCH3 is 1. The molecule has 0 aliphatic rings. The first-order valence-electron chi connectivity index (χ1n) is 5.12. The molecule has 2 nitrogen and oxygen atoms in total. The third kappa shape index (κ3) is 2.48. The highest BCUT2D eigenvalue weighted by Crippen LogP contribution is 2.25. The summed E-state index contributed by atoms with van der Waals surface area (Å²) < 4.78 is 5.22. The van der Waals surface area contributed by atoms with E-state index >= 15 is 0 Å². The van der Waals surface area contributed by atoms with Crippen molar-refractivity contribution in [1.29, 1.82) is 0 Å². The van der Waals surface area contributed by atoms with Gasteiger partial charge in [-0.05, 0) is 17.7 Å². The van der Waals surface area contributed by atoms with Crippen molar-refractivity contribution in [3.63, 3.8) is 0 Å². The fourth-order valence-electron chi connectivity index (χ4n) is 1.42. The summed E-state index contributed by atoms with van der Waals surface area (Å²) in [6, 6.07) is 17.7. The zero-order chi connectivity index (χ0) is 11.2. The number of benzene rings is 2. The first-order chi connectivity index (χ1) is 7.90. The van der Waals surface area contributed by atoms with Gasteiger partial charge in [0.15, 0.2) is 0 Å². The average Bonchev–Trinajstić information content (AvgIpc) is 2.38. The smallest absolute Gasteiger partial charge is 0.144 e. The van der Waals surface area contributed by atoms with E-state index in [-0.39, 0.29) is 0 Å². The third-order valence-electron chi connectivity index (χ3n) is 2.24. The van der Waals surface area contributed by atoms with Crippen LogP contribution in [0, 0.1) is 0 Å². The highest BCUT2D eigenvalue weighted by atomic mass is 16.5. The number of para-hydroxylation sites is 2. The van der Waals surface area contributed by atoms with E-state index in [1.807, 2.05) is 60.8 Å². The molecule has 2 aromatic carbocycles. The molecule has 0 spiro atoms. The van der Waals surface area contributed by atoms with Crippen LogP contribution >= 0.6 is 0 Å². The highest BCUT2D eigenvalue weighted by molar-refractivity contribution is 5.82. The van der Waals surface area contributed by atoms with Crippen molar-refractivity contribution in [3.8, 4) is 5.75 Å². The molecule has 0 aliphatic carbocycles. The van der Waals surface area contributed by atoms with Crippen molar-refractivity contribution in [1.82, 2.24) is 0 Å². The van der Waals surface area contributed by atoms with E-state index < -0.39 is 0 Å². The predicted molar refractivity (Wildman–Crippen MR) is 66.7 cm³/mol. The highest BCUT2D eigenvalue weighted by Gasteiger charge is 1.97. The summed E-state index contributed by atoms with van der Waals surface area (Å²) in [4.78, 5) is 4.40. The second-order valence-electron chi connectivity index (χ2n) is 3.34. The van der Waals surface area contributed by atoms with Gasteiger partial charge in [-0.1, -0.05) is 42.5 Å². The molecule has 0 fully saturated rings. The lowest BCUT2D eigenvalue weighted by Crippen LogP contribution is -1.83. The van der Waals surface area contributed by atoms with Crippen molar-refractivity contribution >= 4 is 11.9 Å². The van der Waals surface area contributed by atoms with Crippen LogP contribution in [0.2, 0.25) is 0 Å². The van der Waals surface area contributed by atoms with Crippen molar-refractivity contribution in [2.75, 3.05) is 7.11 Å². The van der Waals surface area contributed by atoms with Gasteiger partial charge in [0.05, 0.1) is 7.11 Å². The summed E-state index contributed by atoms with van der Waals surface area (Å²) in [6.45, 7) is 0. The second-order valence-corrected chi connectivity index (χ2v) is 3.34. The molecule has 80 valence electrons. The maximum Gasteiger partial charge on any atom is 0.144 e. The Morgan fingerprint density at radius 2 is 1.62 bits per heavy atom. The largest absolute Gasteiger partial charge is 0.494 e. The van der Waals surface area contributed by atoms with Gasteiger partial charge >= 0.3 is 0 Å². The number of rotatable bonds is 3. The van der Waals surface area contributed by atoms with Crippen LogP contribution in [0.3, 0.4) is 0 Å². The molecule has 2 rings (SSSR count). The van der Waals surface area contributed by atoms with Gasteiger partial charge in [0.2, 0.25) is 0 Å². The Bertz CT molecular complexity index is 477. The van der Waals surface area contributed by atoms with Gasteiger partial charge in [0.25, 0.3) is 0 Å². The molecule has 16 heavy (non-hydrogen) atoms. The fourth-order valence-corrected chi connectivity index (χ4v) is 1.42. The summed E-state index contributed by atoms with van der Waals surface area (Å²) >= 11 is 0. The minimum absolute atomic E-state index is 0.787. The summed E-state index contributed by atoms with van der Waals surface area (Å²) in [7, 11) is 1.65. The number of hydrogen-bond acceptors (Lipinski definition) is 2. The Hall–Kier alpha value is -2.09. The predicted octanol–water partition coefficient (Wildman–Crippen LogP) is 3.45. The van der Waals surface area contributed by atoms with Gasteiger partial charge in [-0.15, -0.1) is 0 Å². The van der Waals surface area contributed by atoms with E-state index in [9.17, 15) is 0 Å². The number of nitrogens with zero attached hydrogens (tertiary/aromatic N) is 1. The molecule has 0 amide bonds. The number of aliphatic imine (C=N–C) groups is 1. The van der Waals surface area contributed by atoms with Gasteiger partial charge in [0.1, 0.15) is 11.4 Å². The average molecular weight is 211 g/mol. The molecule has 0 radical (unpaired) electrons. The van der Waals surface area contributed by atoms with Gasteiger partial charge in [-0.2, -0.15) is 0 Å². The normalized spacial score (nSPS) is 10.6. The van der Waals surface area contributed by atoms with E-state index in [1.165, 1.54) is 0 Å². The Labute approximate surface area is 95.2 Å². The Morgan fingerprint density at radius 3 is 2.38 bits per heavy atom. The van der Waals surface area contributed by atoms with Gasteiger partial charge in [0, 0.05) is 6.21 Å². The Kier molecular flexibility index (Phi) is 3.34. The topological polar surface area (TPSA) is 21.6 Å². The molecule has 2 heteroatoms. The molecule has 0 saturated heterocycles. The molecule has 0 heterocycles. The van der Waals surface area contributed by atoms with E-state index in [2.05, 4.69) is 4.99 Å². The van der Waals surface area contributed by atoms with Crippen LogP contribution in [0.5, 0.6) is 5.75 Å². The summed E-state index contributed by atoms with van der Waals surface area (Å²) in [5.74, 6) is 0.787. The molecular weight excluding hydrogens is 198 g/mol. The summed E-state index contributed by atoms with van der Waals surface area (Å²) in [5.41, 5.74) is 1.92. The zero-order valence-electron chi connectivity index (χ0n) is 9.13. The van der Waals surface area contributed by atoms with Gasteiger partial charge in [-0.25, -0.2) is 0 Å². The minimum Gasteiger partial charge on any atom is -0.494 e. The maximum atomic E-state index is 5.22. The minimum atomic E-state index is 0.787. The van der Waals surface area contributed by atoms with Gasteiger partial charge in [-0.3, -0.25) is 4.99 Å². The van der Waals surface area contributed by atoms with E-state index in [0.717, 1.165) is 17.0 Å². The van der Waals surface area contributed by atoms with Crippen LogP contribution in [-0.2, 0) is 0 Å². The van der Waals surface area contributed by atoms with Crippen LogP contribution in [0.25, 0.3) is 0 Å². The van der Waals surface area contributed by atoms with Crippen LogP contribution in [0.1, 0.15) is 5.56 Å². The van der Waals surface area contributed by atoms with E-state index in [4.69, 9.17) is 4.74 Å². The molecule has 0 unspecified atom stereocenters. The Morgan fingerprint density at radius 1 is 0.938 bits per heavy atom. The Balaban J connectivity index is 2.24. The van der Waals surface area contributed by atoms with Crippen molar-refractivity contribution in [3.05, 3.63) is 60.2 Å². The lowest BCUT2D eigenvalue weighted by molar-refractivity contribution is 0.416. The zero-order valence-corrected chi connectivity index (χ0v) is 9.13. The third-order valence-corrected chi connectivity index (χ3v) is 2.24. The molecule has 0 saturated carbocycles. The number of ether oxygens (including phenoxy) is 1. The van der Waals surface area contributed by atoms with Crippen LogP contribution in [0.4, 0.5) is 5.69 Å². The fraction of sp³-hybridized carbons (Fsp3) is 0.0714. The first kappa shape index (κ1) is 10.4. The molecule has 0 atom stereocenters. The van der Waals surface area contributed by atoms with E-state index in [1.54, 1.807) is 7.11 Å². The van der Waals surface area contributed by atoms with Gasteiger partial charge < -0.3 is 4.74 Å². The summed E-state index contributed by atoms with van der Waals surface area (Å²) in [5, 5.41) is 0. The van der Waals surface area contributed by atoms with Crippen LogP contribution < -0.4 is 4.74 Å². The van der Waals surface area contributed by atoms with Crippen LogP contribution in [-0.4, -0.2) is 13.3 Å². The molecule has 0 aliphatic heterocycles. The molecule has 2 aromatic rings. The molecule has 0 N–H and O–H groups in total. The summed E-state index contributed by atoms with van der Waals surface area (Å²) in [6.07, 6.45) is 1.83. The number of hydrogen-bond donors (Lipinski definition) is 0. The standard InChI is InChI=1S/C14H13NO/c1-16-14-10-6-5-9-13(14)15-11-12-7-3-2-4-8-12/h2-11H,1H3/b15-11-. The van der Waals surface area contributed by atoms with Crippen molar-refractivity contribution in [2.24, 2.45) is 4.99 Å². The lowest BCUT2D eigenvalue weighted by atomic mass is 10.2. The second kappa shape index (κ2) is 5.12. The van der Waals surface area contributed by atoms with Crippen LogP contribution in [0.15, 0.2) is 59.6 Å². The molecule has 0 bridgehead atoms. The molecule has 0 aromatic heterocycles.